The summed E-state index contributed by atoms with van der Waals surface area (Å²) in [5, 5.41) is 3.39. The van der Waals surface area contributed by atoms with Crippen LogP contribution in [-0.2, 0) is 24.4 Å². The summed E-state index contributed by atoms with van der Waals surface area (Å²) in [6.07, 6.45) is 2.11. The number of hydrogen-bond acceptors (Lipinski definition) is 5. The summed E-state index contributed by atoms with van der Waals surface area (Å²) in [7, 11) is 0. The largest absolute Gasteiger partial charge is 0.489 e. The maximum absolute atomic E-state index is 14.7. The van der Waals surface area contributed by atoms with E-state index in [2.05, 4.69) is 10.2 Å². The topological polar surface area (TPSA) is 54.0 Å². The maximum Gasteiger partial charge on any atom is 0.254 e. The van der Waals surface area contributed by atoms with Crippen molar-refractivity contribution in [3.8, 4) is 5.75 Å². The van der Waals surface area contributed by atoms with Gasteiger partial charge in [0.1, 0.15) is 18.2 Å². The Morgan fingerprint density at radius 2 is 2.06 bits per heavy atom. The number of benzene rings is 2. The van der Waals surface area contributed by atoms with Crippen LogP contribution in [0.1, 0.15) is 39.9 Å². The third-order valence-corrected chi connectivity index (χ3v) is 6.67. The van der Waals surface area contributed by atoms with Gasteiger partial charge in [-0.25, -0.2) is 4.39 Å². The molecule has 1 atom stereocenters. The highest BCUT2D eigenvalue weighted by Gasteiger charge is 2.35. The van der Waals surface area contributed by atoms with Crippen LogP contribution in [0.4, 0.5) is 4.39 Å². The number of fused-ring (bicyclic) bond motifs is 1. The third-order valence-electron chi connectivity index (χ3n) is 6.67. The van der Waals surface area contributed by atoms with Gasteiger partial charge in [0.25, 0.3) is 5.91 Å². The van der Waals surface area contributed by atoms with Crippen LogP contribution < -0.4 is 10.1 Å². The van der Waals surface area contributed by atoms with Gasteiger partial charge in [-0.05, 0) is 43.1 Å². The molecule has 2 aromatic carbocycles. The first kappa shape index (κ1) is 21.4. The lowest BCUT2D eigenvalue weighted by Gasteiger charge is -2.31. The molecular weight excluding hydrogens is 409 g/mol. The number of nitrogens with one attached hydrogen (secondary N) is 1. The first-order valence-electron chi connectivity index (χ1n) is 11.5. The van der Waals surface area contributed by atoms with Gasteiger partial charge < -0.3 is 19.7 Å². The van der Waals surface area contributed by atoms with Crippen molar-refractivity contribution in [2.24, 2.45) is 0 Å². The van der Waals surface area contributed by atoms with Crippen LogP contribution in [0.2, 0.25) is 0 Å². The van der Waals surface area contributed by atoms with Crippen molar-refractivity contribution < 1.29 is 18.7 Å². The molecule has 0 saturated carbocycles. The predicted molar refractivity (Wildman–Crippen MR) is 119 cm³/mol. The quantitative estimate of drug-likeness (QED) is 0.750. The molecule has 1 unspecified atom stereocenters. The average molecular weight is 440 g/mol. The van der Waals surface area contributed by atoms with Crippen molar-refractivity contribution in [2.75, 3.05) is 39.4 Å². The first-order chi connectivity index (χ1) is 15.7. The van der Waals surface area contributed by atoms with E-state index in [0.29, 0.717) is 37.6 Å². The van der Waals surface area contributed by atoms with Crippen molar-refractivity contribution in [3.63, 3.8) is 0 Å². The Balaban J connectivity index is 1.24. The number of piperidine rings is 1. The molecule has 5 rings (SSSR count). The molecule has 0 radical (unpaired) electrons. The third kappa shape index (κ3) is 4.51. The van der Waals surface area contributed by atoms with Crippen LogP contribution in [0.25, 0.3) is 0 Å². The molecular formula is C25H30FN3O3. The zero-order chi connectivity index (χ0) is 21.9. The van der Waals surface area contributed by atoms with Crippen LogP contribution in [0, 0.1) is 5.82 Å². The van der Waals surface area contributed by atoms with Crippen molar-refractivity contribution in [1.29, 1.82) is 0 Å². The van der Waals surface area contributed by atoms with Gasteiger partial charge in [0.05, 0.1) is 19.8 Å². The number of hydrogen-bond donors (Lipinski definition) is 1. The zero-order valence-corrected chi connectivity index (χ0v) is 18.3. The smallest absolute Gasteiger partial charge is 0.254 e. The van der Waals surface area contributed by atoms with Crippen LogP contribution in [0.3, 0.4) is 0 Å². The van der Waals surface area contributed by atoms with Crippen molar-refractivity contribution in [1.82, 2.24) is 15.1 Å². The van der Waals surface area contributed by atoms with Crippen LogP contribution in [-0.4, -0.2) is 61.1 Å². The maximum atomic E-state index is 14.7. The number of rotatable bonds is 6. The van der Waals surface area contributed by atoms with Gasteiger partial charge in [-0.3, -0.25) is 9.69 Å². The molecule has 2 aromatic rings. The molecule has 0 spiro atoms. The fourth-order valence-electron chi connectivity index (χ4n) is 4.83. The monoisotopic (exact) mass is 439 g/mol. The van der Waals surface area contributed by atoms with Crippen LogP contribution >= 0.6 is 0 Å². The van der Waals surface area contributed by atoms with E-state index in [-0.39, 0.29) is 24.4 Å². The summed E-state index contributed by atoms with van der Waals surface area (Å²) >= 11 is 0. The molecule has 6 nitrogen and oxygen atoms in total. The van der Waals surface area contributed by atoms with E-state index in [1.807, 2.05) is 35.2 Å². The van der Waals surface area contributed by atoms with Gasteiger partial charge in [-0.2, -0.15) is 0 Å². The van der Waals surface area contributed by atoms with E-state index in [1.165, 1.54) is 0 Å². The minimum atomic E-state index is -0.206. The Bertz CT molecular complexity index is 971. The van der Waals surface area contributed by atoms with Crippen LogP contribution in [0.15, 0.2) is 36.4 Å². The Kier molecular flexibility index (Phi) is 6.39. The Morgan fingerprint density at radius 3 is 2.84 bits per heavy atom. The molecule has 1 N–H and O–H groups in total. The lowest BCUT2D eigenvalue weighted by molar-refractivity contribution is 0.0337. The standard InChI is InChI=1S/C25H30FN3O3/c26-23-13-18(6-7-19(23)15-28-9-11-31-12-10-28)17-32-24-5-1-4-21-22(24)16-29(25(21)30)20-3-2-8-27-14-20/h1,4-7,13,20,27H,2-3,8-12,14-17H2. The minimum absolute atomic E-state index is 0.0812. The predicted octanol–water partition coefficient (Wildman–Crippen LogP) is 2.94. The molecule has 3 aliphatic heterocycles. The summed E-state index contributed by atoms with van der Waals surface area (Å²) < 4.78 is 26.1. The molecule has 0 bridgehead atoms. The summed E-state index contributed by atoms with van der Waals surface area (Å²) in [6.45, 7) is 6.35. The summed E-state index contributed by atoms with van der Waals surface area (Å²) in [4.78, 5) is 17.1. The number of ether oxygens (including phenoxy) is 2. The Morgan fingerprint density at radius 1 is 1.19 bits per heavy atom. The molecule has 2 fully saturated rings. The molecule has 32 heavy (non-hydrogen) atoms. The summed E-state index contributed by atoms with van der Waals surface area (Å²) in [6, 6.07) is 11.2. The molecule has 0 aliphatic carbocycles. The molecule has 3 heterocycles. The van der Waals surface area contributed by atoms with Gasteiger partial charge in [0, 0.05) is 48.9 Å². The number of morpholine rings is 1. The molecule has 2 saturated heterocycles. The highest BCUT2D eigenvalue weighted by molar-refractivity contribution is 5.99. The molecule has 1 amide bonds. The van der Waals surface area contributed by atoms with Crippen LogP contribution in [0.5, 0.6) is 5.75 Å². The number of carbonyl (C=O) groups excluding carboxylic acids is 1. The lowest BCUT2D eigenvalue weighted by Crippen LogP contribution is -2.46. The molecule has 0 aromatic heterocycles. The van der Waals surface area contributed by atoms with Crippen molar-refractivity contribution in [2.45, 2.75) is 38.6 Å². The normalized spacial score (nSPS) is 21.6. The highest BCUT2D eigenvalue weighted by atomic mass is 19.1. The summed E-state index contributed by atoms with van der Waals surface area (Å²) in [5.41, 5.74) is 3.13. The van der Waals surface area contributed by atoms with E-state index in [1.54, 1.807) is 6.07 Å². The second-order valence-corrected chi connectivity index (χ2v) is 8.82. The second kappa shape index (κ2) is 9.57. The minimum Gasteiger partial charge on any atom is -0.489 e. The van der Waals surface area contributed by atoms with E-state index in [0.717, 1.165) is 55.7 Å². The zero-order valence-electron chi connectivity index (χ0n) is 18.3. The van der Waals surface area contributed by atoms with E-state index < -0.39 is 0 Å². The van der Waals surface area contributed by atoms with Gasteiger partial charge in [-0.15, -0.1) is 0 Å². The average Bonchev–Trinajstić information content (AvgIpc) is 3.18. The fourth-order valence-corrected chi connectivity index (χ4v) is 4.83. The first-order valence-corrected chi connectivity index (χ1v) is 11.5. The van der Waals surface area contributed by atoms with Gasteiger partial charge in [0.15, 0.2) is 0 Å². The number of nitrogens with zero attached hydrogens (tertiary/aromatic N) is 2. The summed E-state index contributed by atoms with van der Waals surface area (Å²) in [5.74, 6) is 0.583. The SMILES string of the molecule is O=C1c2cccc(OCc3ccc(CN4CCOCC4)c(F)c3)c2CN1C1CCCNC1. The Hall–Kier alpha value is -2.48. The Labute approximate surface area is 188 Å². The van der Waals surface area contributed by atoms with E-state index in [9.17, 15) is 9.18 Å². The van der Waals surface area contributed by atoms with Gasteiger partial charge in [-0.1, -0.05) is 18.2 Å². The number of carbonyl (C=O) groups is 1. The fraction of sp³-hybridized carbons (Fsp3) is 0.480. The lowest BCUT2D eigenvalue weighted by atomic mass is 10.1. The number of amides is 1. The molecule has 7 heteroatoms. The number of halogens is 1. The van der Waals surface area contributed by atoms with Gasteiger partial charge >= 0.3 is 0 Å². The molecule has 170 valence electrons. The van der Waals surface area contributed by atoms with E-state index in [4.69, 9.17) is 9.47 Å². The highest BCUT2D eigenvalue weighted by Crippen LogP contribution is 2.33. The second-order valence-electron chi connectivity index (χ2n) is 8.82. The molecule has 3 aliphatic rings. The van der Waals surface area contributed by atoms with Crippen molar-refractivity contribution in [3.05, 3.63) is 64.5 Å². The van der Waals surface area contributed by atoms with Gasteiger partial charge in [0.2, 0.25) is 0 Å². The van der Waals surface area contributed by atoms with E-state index >= 15 is 0 Å². The van der Waals surface area contributed by atoms with Crippen molar-refractivity contribution >= 4 is 5.91 Å².